The minimum Gasteiger partial charge on any atom is -0.265 e. The lowest BCUT2D eigenvalue weighted by atomic mass is 9.94. The van der Waals surface area contributed by atoms with E-state index in [1.165, 1.54) is 5.56 Å². The topological polar surface area (TPSA) is 36.7 Å². The molecule has 0 saturated carbocycles. The van der Waals surface area contributed by atoms with Gasteiger partial charge in [0.1, 0.15) is 0 Å². The van der Waals surface area contributed by atoms with Crippen LogP contribution in [0.2, 0.25) is 0 Å². The van der Waals surface area contributed by atoms with Gasteiger partial charge in [0.15, 0.2) is 0 Å². The van der Waals surface area contributed by atoms with E-state index >= 15 is 0 Å². The molecule has 0 aliphatic rings. The largest absolute Gasteiger partial charge is 0.265 e. The molecule has 0 amide bonds. The highest BCUT2D eigenvalue weighted by atomic mass is 14.6. The molecule has 2 nitrogen and oxygen atoms in total. The van der Waals surface area contributed by atoms with Gasteiger partial charge in [-0.15, -0.1) is 0 Å². The number of pyridine rings is 1. The van der Waals surface area contributed by atoms with Crippen LogP contribution in [0.3, 0.4) is 0 Å². The van der Waals surface area contributed by atoms with Gasteiger partial charge in [-0.3, -0.25) is 4.98 Å². The lowest BCUT2D eigenvalue weighted by Gasteiger charge is -2.10. The summed E-state index contributed by atoms with van der Waals surface area (Å²) < 4.78 is 0. The standard InChI is InChI=1S/C15H14N2/c1-11(2)13-3-4-14(10-16)15(9-13)12-5-7-17-8-6-12/h3-9,11H,1-2H3. The Kier molecular flexibility index (Phi) is 3.20. The van der Waals surface area contributed by atoms with E-state index in [2.05, 4.69) is 31.0 Å². The van der Waals surface area contributed by atoms with Gasteiger partial charge in [-0.25, -0.2) is 0 Å². The first-order valence-electron chi connectivity index (χ1n) is 5.67. The highest BCUT2D eigenvalue weighted by Gasteiger charge is 2.07. The molecule has 0 aliphatic heterocycles. The minimum absolute atomic E-state index is 0.461. The van der Waals surface area contributed by atoms with E-state index in [0.29, 0.717) is 11.5 Å². The average molecular weight is 222 g/mol. The molecule has 1 aromatic heterocycles. The summed E-state index contributed by atoms with van der Waals surface area (Å²) in [6, 6.07) is 12.1. The van der Waals surface area contributed by atoms with Gasteiger partial charge in [0.05, 0.1) is 11.6 Å². The van der Waals surface area contributed by atoms with Crippen LogP contribution in [0.4, 0.5) is 0 Å². The fourth-order valence-electron chi connectivity index (χ4n) is 1.79. The Hall–Kier alpha value is -2.14. The number of rotatable bonds is 2. The second kappa shape index (κ2) is 4.80. The van der Waals surface area contributed by atoms with Crippen LogP contribution in [0, 0.1) is 11.3 Å². The average Bonchev–Trinajstić information content (AvgIpc) is 2.39. The number of nitrogens with zero attached hydrogens (tertiary/aromatic N) is 2. The van der Waals surface area contributed by atoms with Crippen molar-refractivity contribution in [3.8, 4) is 17.2 Å². The molecular weight excluding hydrogens is 208 g/mol. The van der Waals surface area contributed by atoms with Crippen molar-refractivity contribution < 1.29 is 0 Å². The number of hydrogen-bond acceptors (Lipinski definition) is 2. The summed E-state index contributed by atoms with van der Waals surface area (Å²) in [4.78, 5) is 4.00. The summed E-state index contributed by atoms with van der Waals surface area (Å²) in [5.74, 6) is 0.461. The Balaban J connectivity index is 2.59. The molecule has 0 unspecified atom stereocenters. The highest BCUT2D eigenvalue weighted by Crippen LogP contribution is 2.26. The third-order valence-electron chi connectivity index (χ3n) is 2.82. The SMILES string of the molecule is CC(C)c1ccc(C#N)c(-c2ccncc2)c1. The lowest BCUT2D eigenvalue weighted by Crippen LogP contribution is -1.91. The van der Waals surface area contributed by atoms with Crippen molar-refractivity contribution in [2.75, 3.05) is 0 Å². The molecule has 0 atom stereocenters. The first-order chi connectivity index (χ1) is 8.22. The smallest absolute Gasteiger partial charge is 0.0998 e. The van der Waals surface area contributed by atoms with Crippen LogP contribution >= 0.6 is 0 Å². The van der Waals surface area contributed by atoms with Gasteiger partial charge in [-0.2, -0.15) is 5.26 Å². The van der Waals surface area contributed by atoms with E-state index in [4.69, 9.17) is 5.26 Å². The van der Waals surface area contributed by atoms with E-state index in [9.17, 15) is 0 Å². The molecule has 1 heterocycles. The predicted octanol–water partition coefficient (Wildman–Crippen LogP) is 3.74. The Morgan fingerprint density at radius 2 is 1.82 bits per heavy atom. The quantitative estimate of drug-likeness (QED) is 0.776. The fraction of sp³-hybridized carbons (Fsp3) is 0.200. The van der Waals surface area contributed by atoms with Crippen molar-refractivity contribution >= 4 is 0 Å². The van der Waals surface area contributed by atoms with Crippen LogP contribution < -0.4 is 0 Å². The Labute approximate surface area is 102 Å². The maximum absolute atomic E-state index is 9.14. The van der Waals surface area contributed by atoms with Gasteiger partial charge in [0, 0.05) is 12.4 Å². The van der Waals surface area contributed by atoms with Gasteiger partial charge in [0.25, 0.3) is 0 Å². The molecule has 0 spiro atoms. The van der Waals surface area contributed by atoms with Crippen LogP contribution in [-0.2, 0) is 0 Å². The van der Waals surface area contributed by atoms with Crippen molar-refractivity contribution in [1.29, 1.82) is 5.26 Å². The second-order valence-electron chi connectivity index (χ2n) is 4.31. The Morgan fingerprint density at radius 3 is 2.41 bits per heavy atom. The Bertz CT molecular complexity index is 551. The molecule has 2 aromatic rings. The van der Waals surface area contributed by atoms with Gasteiger partial charge in [-0.1, -0.05) is 19.9 Å². The summed E-state index contributed by atoms with van der Waals surface area (Å²) in [7, 11) is 0. The fourth-order valence-corrected chi connectivity index (χ4v) is 1.79. The van der Waals surface area contributed by atoms with Crippen molar-refractivity contribution in [2.24, 2.45) is 0 Å². The Morgan fingerprint density at radius 1 is 1.12 bits per heavy atom. The van der Waals surface area contributed by atoms with E-state index in [1.807, 2.05) is 24.3 Å². The summed E-state index contributed by atoms with van der Waals surface area (Å²) >= 11 is 0. The van der Waals surface area contributed by atoms with E-state index in [1.54, 1.807) is 12.4 Å². The van der Waals surface area contributed by atoms with Gasteiger partial charge in [0.2, 0.25) is 0 Å². The van der Waals surface area contributed by atoms with Crippen molar-refractivity contribution in [2.45, 2.75) is 19.8 Å². The third kappa shape index (κ3) is 2.34. The van der Waals surface area contributed by atoms with Crippen molar-refractivity contribution in [3.05, 3.63) is 53.9 Å². The third-order valence-corrected chi connectivity index (χ3v) is 2.82. The monoisotopic (exact) mass is 222 g/mol. The summed E-state index contributed by atoms with van der Waals surface area (Å²) in [6.07, 6.45) is 3.50. The van der Waals surface area contributed by atoms with E-state index in [0.717, 1.165) is 11.1 Å². The molecule has 0 bridgehead atoms. The summed E-state index contributed by atoms with van der Waals surface area (Å²) in [5.41, 5.74) is 3.98. The number of aromatic nitrogens is 1. The molecular formula is C15H14N2. The van der Waals surface area contributed by atoms with Gasteiger partial charge < -0.3 is 0 Å². The molecule has 84 valence electrons. The van der Waals surface area contributed by atoms with Crippen LogP contribution in [0.15, 0.2) is 42.7 Å². The molecule has 0 fully saturated rings. The number of hydrogen-bond donors (Lipinski definition) is 0. The zero-order chi connectivity index (χ0) is 12.3. The molecule has 0 aliphatic carbocycles. The molecule has 2 heteroatoms. The molecule has 17 heavy (non-hydrogen) atoms. The zero-order valence-corrected chi connectivity index (χ0v) is 10.0. The van der Waals surface area contributed by atoms with E-state index < -0.39 is 0 Å². The van der Waals surface area contributed by atoms with Crippen LogP contribution in [-0.4, -0.2) is 4.98 Å². The lowest BCUT2D eigenvalue weighted by molar-refractivity contribution is 0.867. The summed E-state index contributed by atoms with van der Waals surface area (Å²) in [5, 5.41) is 9.14. The van der Waals surface area contributed by atoms with E-state index in [-0.39, 0.29) is 0 Å². The number of benzene rings is 1. The van der Waals surface area contributed by atoms with Gasteiger partial charge in [-0.05, 0) is 46.9 Å². The maximum Gasteiger partial charge on any atom is 0.0998 e. The second-order valence-corrected chi connectivity index (χ2v) is 4.31. The van der Waals surface area contributed by atoms with Crippen molar-refractivity contribution in [1.82, 2.24) is 4.98 Å². The minimum atomic E-state index is 0.461. The normalized spacial score (nSPS) is 10.2. The molecule has 2 rings (SSSR count). The van der Waals surface area contributed by atoms with Crippen LogP contribution in [0.25, 0.3) is 11.1 Å². The molecule has 0 saturated heterocycles. The van der Waals surface area contributed by atoms with Gasteiger partial charge >= 0.3 is 0 Å². The molecule has 0 radical (unpaired) electrons. The first kappa shape index (κ1) is 11.3. The first-order valence-corrected chi connectivity index (χ1v) is 5.67. The summed E-state index contributed by atoms with van der Waals surface area (Å²) in [6.45, 7) is 4.30. The molecule has 0 N–H and O–H groups in total. The maximum atomic E-state index is 9.14. The van der Waals surface area contributed by atoms with Crippen LogP contribution in [0.5, 0.6) is 0 Å². The van der Waals surface area contributed by atoms with Crippen molar-refractivity contribution in [3.63, 3.8) is 0 Å². The predicted molar refractivity (Wildman–Crippen MR) is 68.5 cm³/mol. The molecule has 1 aromatic carbocycles. The highest BCUT2D eigenvalue weighted by molar-refractivity contribution is 5.70. The zero-order valence-electron chi connectivity index (χ0n) is 10.0. The van der Waals surface area contributed by atoms with Crippen LogP contribution in [0.1, 0.15) is 30.9 Å². The number of nitriles is 1.